The van der Waals surface area contributed by atoms with Gasteiger partial charge in [0.25, 0.3) is 0 Å². The molecule has 0 aliphatic heterocycles. The summed E-state index contributed by atoms with van der Waals surface area (Å²) in [4.78, 5) is 0. The third-order valence-electron chi connectivity index (χ3n) is 2.15. The lowest BCUT2D eigenvalue weighted by Gasteiger charge is -2.07. The predicted octanol–water partition coefficient (Wildman–Crippen LogP) is 3.21. The van der Waals surface area contributed by atoms with Crippen molar-refractivity contribution in [2.24, 2.45) is 0 Å². The van der Waals surface area contributed by atoms with Gasteiger partial charge in [0.15, 0.2) is 0 Å². The zero-order valence-corrected chi connectivity index (χ0v) is 9.33. The van der Waals surface area contributed by atoms with Crippen molar-refractivity contribution < 1.29 is 4.74 Å². The summed E-state index contributed by atoms with van der Waals surface area (Å²) >= 11 is 0. The Morgan fingerprint density at radius 2 is 2.33 bits per heavy atom. The van der Waals surface area contributed by atoms with E-state index in [-0.39, 0.29) is 0 Å². The normalized spacial score (nSPS) is 9.93. The monoisotopic (exact) mass is 205 g/mol. The van der Waals surface area contributed by atoms with E-state index < -0.39 is 0 Å². The second-order valence-corrected chi connectivity index (χ2v) is 3.49. The molecule has 1 rings (SSSR count). The Bertz CT molecular complexity index is 296. The van der Waals surface area contributed by atoms with Crippen LogP contribution in [0.25, 0.3) is 0 Å². The Morgan fingerprint density at radius 1 is 1.47 bits per heavy atom. The van der Waals surface area contributed by atoms with Crippen molar-refractivity contribution in [1.29, 1.82) is 0 Å². The van der Waals surface area contributed by atoms with Gasteiger partial charge in [-0.25, -0.2) is 0 Å². The van der Waals surface area contributed by atoms with Crippen molar-refractivity contribution in [3.05, 3.63) is 42.5 Å². The standard InChI is InChI=1S/C13H19NO/c1-3-4-5-9-14-13-8-6-7-12(10-13)11-15-2/h3,6-8,10,14H,1,4-5,9,11H2,2H3. The number of nitrogens with one attached hydrogen (secondary N) is 1. The third-order valence-corrected chi connectivity index (χ3v) is 2.15. The number of methoxy groups -OCH3 is 1. The van der Waals surface area contributed by atoms with Crippen molar-refractivity contribution >= 4 is 5.69 Å². The molecule has 15 heavy (non-hydrogen) atoms. The first-order chi connectivity index (χ1) is 7.36. The Hall–Kier alpha value is -1.28. The minimum Gasteiger partial charge on any atom is -0.385 e. The zero-order chi connectivity index (χ0) is 10.9. The lowest BCUT2D eigenvalue weighted by molar-refractivity contribution is 0.185. The average Bonchev–Trinajstić information content (AvgIpc) is 2.26. The van der Waals surface area contributed by atoms with E-state index in [9.17, 15) is 0 Å². The van der Waals surface area contributed by atoms with E-state index in [0.717, 1.165) is 25.1 Å². The maximum Gasteiger partial charge on any atom is 0.0713 e. The number of hydrogen-bond acceptors (Lipinski definition) is 2. The first-order valence-electron chi connectivity index (χ1n) is 5.29. The van der Waals surface area contributed by atoms with Gasteiger partial charge in [0.1, 0.15) is 0 Å². The van der Waals surface area contributed by atoms with Gasteiger partial charge >= 0.3 is 0 Å². The average molecular weight is 205 g/mol. The van der Waals surface area contributed by atoms with Crippen molar-refractivity contribution in [2.75, 3.05) is 19.0 Å². The molecule has 2 heteroatoms. The number of anilines is 1. The van der Waals surface area contributed by atoms with Crippen LogP contribution in [0.3, 0.4) is 0 Å². The number of hydrogen-bond donors (Lipinski definition) is 1. The summed E-state index contributed by atoms with van der Waals surface area (Å²) in [6, 6.07) is 8.31. The van der Waals surface area contributed by atoms with Crippen LogP contribution < -0.4 is 5.32 Å². The molecule has 0 saturated carbocycles. The second-order valence-electron chi connectivity index (χ2n) is 3.49. The molecule has 0 aromatic heterocycles. The Morgan fingerprint density at radius 3 is 3.07 bits per heavy atom. The quantitative estimate of drug-likeness (QED) is 0.545. The van der Waals surface area contributed by atoms with Gasteiger partial charge in [-0.3, -0.25) is 0 Å². The van der Waals surface area contributed by atoms with E-state index in [2.05, 4.69) is 30.1 Å². The van der Waals surface area contributed by atoms with Gasteiger partial charge in [-0.1, -0.05) is 18.2 Å². The highest BCUT2D eigenvalue weighted by atomic mass is 16.5. The van der Waals surface area contributed by atoms with Crippen molar-refractivity contribution in [1.82, 2.24) is 0 Å². The summed E-state index contributed by atoms with van der Waals surface area (Å²) in [5, 5.41) is 3.37. The predicted molar refractivity (Wildman–Crippen MR) is 65.1 cm³/mol. The maximum absolute atomic E-state index is 5.08. The molecule has 1 aromatic carbocycles. The molecule has 0 aliphatic rings. The third kappa shape index (κ3) is 4.66. The van der Waals surface area contributed by atoms with Crippen LogP contribution >= 0.6 is 0 Å². The van der Waals surface area contributed by atoms with E-state index in [0.29, 0.717) is 6.61 Å². The van der Waals surface area contributed by atoms with Gasteiger partial charge in [0, 0.05) is 19.3 Å². The largest absolute Gasteiger partial charge is 0.385 e. The molecule has 0 heterocycles. The highest BCUT2D eigenvalue weighted by molar-refractivity contribution is 5.45. The van der Waals surface area contributed by atoms with Crippen LogP contribution in [0.2, 0.25) is 0 Å². The van der Waals surface area contributed by atoms with Gasteiger partial charge in [0.05, 0.1) is 6.61 Å². The summed E-state index contributed by atoms with van der Waals surface area (Å²) in [5.41, 5.74) is 2.36. The van der Waals surface area contributed by atoms with Crippen LogP contribution in [0.1, 0.15) is 18.4 Å². The molecule has 0 unspecified atom stereocenters. The van der Waals surface area contributed by atoms with Crippen molar-refractivity contribution in [3.8, 4) is 0 Å². The summed E-state index contributed by atoms with van der Waals surface area (Å²) in [6.45, 7) is 5.36. The number of allylic oxidation sites excluding steroid dienone is 1. The Kier molecular flexibility index (Phi) is 5.56. The summed E-state index contributed by atoms with van der Waals surface area (Å²) < 4.78 is 5.08. The highest BCUT2D eigenvalue weighted by Crippen LogP contribution is 2.11. The first-order valence-corrected chi connectivity index (χ1v) is 5.29. The smallest absolute Gasteiger partial charge is 0.0713 e. The van der Waals surface area contributed by atoms with E-state index in [1.54, 1.807) is 7.11 Å². The molecule has 0 aliphatic carbocycles. The zero-order valence-electron chi connectivity index (χ0n) is 9.33. The van der Waals surface area contributed by atoms with Crippen LogP contribution in [0, 0.1) is 0 Å². The minimum atomic E-state index is 0.669. The Balaban J connectivity index is 2.39. The molecule has 1 aromatic rings. The lowest BCUT2D eigenvalue weighted by Crippen LogP contribution is -2.01. The molecular formula is C13H19NO. The summed E-state index contributed by atoms with van der Waals surface area (Å²) in [7, 11) is 1.71. The van der Waals surface area contributed by atoms with Crippen LogP contribution in [0.15, 0.2) is 36.9 Å². The molecule has 0 bridgehead atoms. The topological polar surface area (TPSA) is 21.3 Å². The van der Waals surface area contributed by atoms with Crippen LogP contribution in [0.5, 0.6) is 0 Å². The highest BCUT2D eigenvalue weighted by Gasteiger charge is 1.94. The molecule has 0 fully saturated rings. The lowest BCUT2D eigenvalue weighted by atomic mass is 10.2. The molecule has 82 valence electrons. The molecule has 0 saturated heterocycles. The van der Waals surface area contributed by atoms with E-state index in [1.165, 1.54) is 5.56 Å². The van der Waals surface area contributed by atoms with Crippen molar-refractivity contribution in [2.45, 2.75) is 19.4 Å². The summed E-state index contributed by atoms with van der Waals surface area (Å²) in [6.07, 6.45) is 4.13. The van der Waals surface area contributed by atoms with Crippen LogP contribution in [-0.2, 0) is 11.3 Å². The number of unbranched alkanes of at least 4 members (excludes halogenated alkanes) is 1. The first kappa shape index (κ1) is 11.8. The molecule has 0 atom stereocenters. The van der Waals surface area contributed by atoms with E-state index >= 15 is 0 Å². The SMILES string of the molecule is C=CCCCNc1cccc(COC)c1. The molecule has 1 N–H and O–H groups in total. The molecular weight excluding hydrogens is 186 g/mol. The number of benzene rings is 1. The maximum atomic E-state index is 5.08. The minimum absolute atomic E-state index is 0.669. The van der Waals surface area contributed by atoms with Gasteiger partial charge in [-0.2, -0.15) is 0 Å². The van der Waals surface area contributed by atoms with Gasteiger partial charge in [0.2, 0.25) is 0 Å². The number of ether oxygens (including phenoxy) is 1. The van der Waals surface area contributed by atoms with Gasteiger partial charge in [-0.05, 0) is 30.5 Å². The van der Waals surface area contributed by atoms with Crippen LogP contribution in [0.4, 0.5) is 5.69 Å². The fraction of sp³-hybridized carbons (Fsp3) is 0.385. The summed E-state index contributed by atoms with van der Waals surface area (Å²) in [5.74, 6) is 0. The molecule has 0 spiro atoms. The molecule has 0 amide bonds. The van der Waals surface area contributed by atoms with Gasteiger partial charge < -0.3 is 10.1 Å². The fourth-order valence-corrected chi connectivity index (χ4v) is 1.42. The van der Waals surface area contributed by atoms with E-state index in [4.69, 9.17) is 4.74 Å². The molecule has 0 radical (unpaired) electrons. The fourth-order valence-electron chi connectivity index (χ4n) is 1.42. The van der Waals surface area contributed by atoms with Gasteiger partial charge in [-0.15, -0.1) is 6.58 Å². The van der Waals surface area contributed by atoms with Crippen LogP contribution in [-0.4, -0.2) is 13.7 Å². The number of rotatable bonds is 7. The van der Waals surface area contributed by atoms with E-state index in [1.807, 2.05) is 12.1 Å². The molecule has 2 nitrogen and oxygen atoms in total. The van der Waals surface area contributed by atoms with Crippen molar-refractivity contribution in [3.63, 3.8) is 0 Å². The Labute approximate surface area is 92.0 Å². The second kappa shape index (κ2) is 7.07.